The van der Waals surface area contributed by atoms with E-state index in [9.17, 15) is 14.9 Å². The number of anilines is 1. The van der Waals surface area contributed by atoms with Crippen molar-refractivity contribution in [2.75, 3.05) is 5.32 Å². The van der Waals surface area contributed by atoms with E-state index in [1.54, 1.807) is 19.1 Å². The summed E-state index contributed by atoms with van der Waals surface area (Å²) in [4.78, 5) is 22.7. The molecule has 0 heterocycles. The van der Waals surface area contributed by atoms with Crippen molar-refractivity contribution in [2.24, 2.45) is 0 Å². The summed E-state index contributed by atoms with van der Waals surface area (Å²) in [6.45, 7) is 7.99. The molecule has 1 N–H and O–H groups in total. The maximum absolute atomic E-state index is 12.4. The third kappa shape index (κ3) is 3.92. The van der Waals surface area contributed by atoms with Crippen LogP contribution in [0.3, 0.4) is 0 Å². The van der Waals surface area contributed by atoms with Crippen molar-refractivity contribution in [2.45, 2.75) is 33.1 Å². The zero-order valence-electron chi connectivity index (χ0n) is 14.0. The molecule has 0 aromatic heterocycles. The van der Waals surface area contributed by atoms with Crippen LogP contribution in [0.25, 0.3) is 0 Å². The van der Waals surface area contributed by atoms with Gasteiger partial charge >= 0.3 is 0 Å². The monoisotopic (exact) mass is 346 g/mol. The van der Waals surface area contributed by atoms with Crippen molar-refractivity contribution >= 4 is 28.9 Å². The summed E-state index contributed by atoms with van der Waals surface area (Å²) in [5.41, 5.74) is 2.51. The molecule has 2 aromatic carbocycles. The van der Waals surface area contributed by atoms with Crippen LogP contribution in [0.2, 0.25) is 5.02 Å². The Balaban J connectivity index is 2.24. The first-order valence-electron chi connectivity index (χ1n) is 7.46. The minimum atomic E-state index is -0.549. The van der Waals surface area contributed by atoms with Crippen molar-refractivity contribution in [3.05, 3.63) is 68.2 Å². The van der Waals surface area contributed by atoms with Crippen LogP contribution in [-0.4, -0.2) is 10.8 Å². The summed E-state index contributed by atoms with van der Waals surface area (Å²) in [5, 5.41) is 13.6. The molecule has 0 aliphatic heterocycles. The molecule has 6 heteroatoms. The first-order valence-corrected chi connectivity index (χ1v) is 7.84. The first-order chi connectivity index (χ1) is 11.1. The highest BCUT2D eigenvalue weighted by Crippen LogP contribution is 2.31. The third-order valence-electron chi connectivity index (χ3n) is 3.75. The minimum Gasteiger partial charge on any atom is -0.322 e. The lowest BCUT2D eigenvalue weighted by Crippen LogP contribution is -2.15. The predicted molar refractivity (Wildman–Crippen MR) is 95.9 cm³/mol. The van der Waals surface area contributed by atoms with Crippen molar-refractivity contribution in [3.63, 3.8) is 0 Å². The molecule has 0 radical (unpaired) electrons. The van der Waals surface area contributed by atoms with Crippen LogP contribution in [0.15, 0.2) is 36.4 Å². The predicted octanol–water partition coefficient (Wildman–Crippen LogP) is 5.11. The van der Waals surface area contributed by atoms with Gasteiger partial charge in [0.25, 0.3) is 11.6 Å². The van der Waals surface area contributed by atoms with Crippen LogP contribution in [0.4, 0.5) is 11.4 Å². The molecule has 0 aliphatic carbocycles. The lowest BCUT2D eigenvalue weighted by atomic mass is 9.87. The topological polar surface area (TPSA) is 72.2 Å². The fourth-order valence-corrected chi connectivity index (χ4v) is 2.49. The van der Waals surface area contributed by atoms with Crippen molar-refractivity contribution in [3.8, 4) is 0 Å². The zero-order chi connectivity index (χ0) is 18.1. The fourth-order valence-electron chi connectivity index (χ4n) is 2.26. The quantitative estimate of drug-likeness (QED) is 0.620. The Bertz CT molecular complexity index is 793. The molecule has 2 rings (SSSR count). The first kappa shape index (κ1) is 17.9. The van der Waals surface area contributed by atoms with Crippen LogP contribution < -0.4 is 5.32 Å². The van der Waals surface area contributed by atoms with Crippen LogP contribution in [0.1, 0.15) is 42.3 Å². The summed E-state index contributed by atoms with van der Waals surface area (Å²) in [6.07, 6.45) is 0. The lowest BCUT2D eigenvalue weighted by molar-refractivity contribution is -0.384. The van der Waals surface area contributed by atoms with Crippen LogP contribution in [0.5, 0.6) is 0 Å². The lowest BCUT2D eigenvalue weighted by Gasteiger charge is -2.19. The number of hydrogen-bond donors (Lipinski definition) is 1. The van der Waals surface area contributed by atoms with Gasteiger partial charge in [0, 0.05) is 17.3 Å². The molecule has 0 fully saturated rings. The standard InChI is InChI=1S/C18H19ClN2O3/c1-11-9-16(21(23)24)14(19)10-15(11)20-17(22)12-5-7-13(8-6-12)18(2,3)4/h5-10H,1-4H3,(H,20,22). The molecule has 0 spiro atoms. The second kappa shape index (κ2) is 6.61. The molecule has 0 atom stereocenters. The second-order valence-electron chi connectivity index (χ2n) is 6.66. The van der Waals surface area contributed by atoms with Crippen LogP contribution in [0, 0.1) is 17.0 Å². The average molecular weight is 347 g/mol. The van der Waals surface area contributed by atoms with Crippen molar-refractivity contribution < 1.29 is 9.72 Å². The number of rotatable bonds is 3. The zero-order valence-corrected chi connectivity index (χ0v) is 14.8. The van der Waals surface area contributed by atoms with Crippen LogP contribution in [-0.2, 0) is 5.41 Å². The number of nitro benzene ring substituents is 1. The van der Waals surface area contributed by atoms with Gasteiger partial charge in [-0.15, -0.1) is 0 Å². The van der Waals surface area contributed by atoms with E-state index in [-0.39, 0.29) is 22.0 Å². The molecule has 2 aromatic rings. The van der Waals surface area contributed by atoms with E-state index in [0.29, 0.717) is 16.8 Å². The number of halogens is 1. The molecule has 0 bridgehead atoms. The average Bonchev–Trinajstić information content (AvgIpc) is 2.49. The third-order valence-corrected chi connectivity index (χ3v) is 4.05. The number of hydrogen-bond acceptors (Lipinski definition) is 3. The highest BCUT2D eigenvalue weighted by atomic mass is 35.5. The molecule has 1 amide bonds. The summed E-state index contributed by atoms with van der Waals surface area (Å²) < 4.78 is 0. The minimum absolute atomic E-state index is 0.0102. The summed E-state index contributed by atoms with van der Waals surface area (Å²) in [7, 11) is 0. The number of carbonyl (C=O) groups is 1. The number of nitrogens with one attached hydrogen (secondary N) is 1. The van der Waals surface area contributed by atoms with E-state index in [4.69, 9.17) is 11.6 Å². The Kier molecular flexibility index (Phi) is 4.94. The van der Waals surface area contributed by atoms with E-state index in [1.165, 1.54) is 12.1 Å². The fraction of sp³-hybridized carbons (Fsp3) is 0.278. The Morgan fingerprint density at radius 1 is 1.17 bits per heavy atom. The SMILES string of the molecule is Cc1cc([N+](=O)[O-])c(Cl)cc1NC(=O)c1ccc(C(C)(C)C)cc1. The van der Waals surface area contributed by atoms with Crippen molar-refractivity contribution in [1.82, 2.24) is 0 Å². The van der Waals surface area contributed by atoms with Gasteiger partial charge in [0.2, 0.25) is 0 Å². The summed E-state index contributed by atoms with van der Waals surface area (Å²) in [6, 6.07) is 10.1. The highest BCUT2D eigenvalue weighted by molar-refractivity contribution is 6.33. The van der Waals surface area contributed by atoms with E-state index in [1.807, 2.05) is 12.1 Å². The molecule has 5 nitrogen and oxygen atoms in total. The Morgan fingerprint density at radius 2 is 1.75 bits per heavy atom. The van der Waals surface area contributed by atoms with E-state index < -0.39 is 4.92 Å². The number of nitro groups is 1. The Morgan fingerprint density at radius 3 is 2.25 bits per heavy atom. The van der Waals surface area contributed by atoms with E-state index >= 15 is 0 Å². The molecule has 0 aliphatic rings. The molecule has 126 valence electrons. The van der Waals surface area contributed by atoms with Gasteiger partial charge in [-0.3, -0.25) is 14.9 Å². The van der Waals surface area contributed by atoms with Gasteiger partial charge in [-0.1, -0.05) is 44.5 Å². The number of amides is 1. The number of carbonyl (C=O) groups excluding carboxylic acids is 1. The van der Waals surface area contributed by atoms with Gasteiger partial charge in [-0.05, 0) is 41.7 Å². The van der Waals surface area contributed by atoms with Gasteiger partial charge in [0.15, 0.2) is 0 Å². The summed E-state index contributed by atoms with van der Waals surface area (Å²) in [5.74, 6) is -0.288. The van der Waals surface area contributed by atoms with E-state index in [2.05, 4.69) is 26.1 Å². The number of aryl methyl sites for hydroxylation is 1. The largest absolute Gasteiger partial charge is 0.322 e. The van der Waals surface area contributed by atoms with Gasteiger partial charge in [0.05, 0.1) is 4.92 Å². The molecular weight excluding hydrogens is 328 g/mol. The van der Waals surface area contributed by atoms with Crippen molar-refractivity contribution in [1.29, 1.82) is 0 Å². The van der Waals surface area contributed by atoms with Gasteiger partial charge < -0.3 is 5.32 Å². The maximum atomic E-state index is 12.4. The Labute approximate surface area is 145 Å². The maximum Gasteiger partial charge on any atom is 0.288 e. The number of nitrogens with zero attached hydrogens (tertiary/aromatic N) is 1. The Hall–Kier alpha value is -2.40. The molecule has 24 heavy (non-hydrogen) atoms. The normalized spacial score (nSPS) is 11.2. The van der Waals surface area contributed by atoms with Crippen LogP contribution >= 0.6 is 11.6 Å². The number of benzene rings is 2. The van der Waals surface area contributed by atoms with E-state index in [0.717, 1.165) is 5.56 Å². The molecule has 0 unspecified atom stereocenters. The highest BCUT2D eigenvalue weighted by Gasteiger charge is 2.17. The molecule has 0 saturated carbocycles. The van der Waals surface area contributed by atoms with Gasteiger partial charge in [0.1, 0.15) is 5.02 Å². The molecular formula is C18H19ClN2O3. The van der Waals surface area contributed by atoms with Gasteiger partial charge in [-0.25, -0.2) is 0 Å². The van der Waals surface area contributed by atoms with Gasteiger partial charge in [-0.2, -0.15) is 0 Å². The summed E-state index contributed by atoms with van der Waals surface area (Å²) >= 11 is 5.90. The molecule has 0 saturated heterocycles. The smallest absolute Gasteiger partial charge is 0.288 e. The second-order valence-corrected chi connectivity index (χ2v) is 7.06.